The minimum Gasteiger partial charge on any atom is -0.336 e. The molecule has 20 heavy (non-hydrogen) atoms. The first kappa shape index (κ1) is 13.8. The molecule has 112 valence electrons. The lowest BCUT2D eigenvalue weighted by Gasteiger charge is -2.31. The van der Waals surface area contributed by atoms with Gasteiger partial charge in [0.25, 0.3) is 5.95 Å². The lowest BCUT2D eigenvalue weighted by Crippen LogP contribution is -2.45. The molecule has 1 aliphatic heterocycles. The number of hydrogen-bond donors (Lipinski definition) is 1. The monoisotopic (exact) mass is 279 g/mol. The number of likely N-dealkylation sites (N-methyl/N-ethyl adjacent to an activating group) is 1. The van der Waals surface area contributed by atoms with Crippen molar-refractivity contribution >= 4 is 5.95 Å². The lowest BCUT2D eigenvalue weighted by molar-refractivity contribution is 0.255. The van der Waals surface area contributed by atoms with Gasteiger partial charge in [0.1, 0.15) is 0 Å². The van der Waals surface area contributed by atoms with Gasteiger partial charge in [0, 0.05) is 26.2 Å². The molecule has 6 nitrogen and oxygen atoms in total. The van der Waals surface area contributed by atoms with Crippen LogP contribution in [0.5, 0.6) is 0 Å². The fourth-order valence-corrected chi connectivity index (χ4v) is 3.19. The summed E-state index contributed by atoms with van der Waals surface area (Å²) in [5.74, 6) is 1.83. The second-order valence-corrected chi connectivity index (χ2v) is 6.15. The Hall–Kier alpha value is -1.14. The van der Waals surface area contributed by atoms with Crippen molar-refractivity contribution in [2.24, 2.45) is 11.7 Å². The Morgan fingerprint density at radius 2 is 1.85 bits per heavy atom. The zero-order valence-electron chi connectivity index (χ0n) is 12.3. The van der Waals surface area contributed by atoms with Gasteiger partial charge in [0.2, 0.25) is 5.89 Å². The molecule has 0 amide bonds. The SMILES string of the molecule is CN1CCN(c2noc(C(N)C3CCCCC3)n2)CC1. The highest BCUT2D eigenvalue weighted by molar-refractivity contribution is 5.29. The van der Waals surface area contributed by atoms with E-state index in [9.17, 15) is 0 Å². The zero-order valence-corrected chi connectivity index (χ0v) is 12.3. The Morgan fingerprint density at radius 3 is 2.55 bits per heavy atom. The van der Waals surface area contributed by atoms with Crippen LogP contribution in [0, 0.1) is 5.92 Å². The Kier molecular flexibility index (Phi) is 4.21. The van der Waals surface area contributed by atoms with Gasteiger partial charge in [-0.05, 0) is 31.0 Å². The van der Waals surface area contributed by atoms with Gasteiger partial charge in [-0.25, -0.2) is 0 Å². The highest BCUT2D eigenvalue weighted by Gasteiger charge is 2.27. The fourth-order valence-electron chi connectivity index (χ4n) is 3.19. The van der Waals surface area contributed by atoms with E-state index in [0.29, 0.717) is 17.8 Å². The molecule has 0 spiro atoms. The standard InChI is InChI=1S/C14H25N5O/c1-18-7-9-19(10-8-18)14-16-13(20-17-14)12(15)11-5-3-2-4-6-11/h11-12H,2-10,15H2,1H3. The summed E-state index contributed by atoms with van der Waals surface area (Å²) >= 11 is 0. The van der Waals surface area contributed by atoms with E-state index in [2.05, 4.69) is 27.0 Å². The molecule has 1 aromatic rings. The van der Waals surface area contributed by atoms with Gasteiger partial charge in [-0.15, -0.1) is 0 Å². The fraction of sp³-hybridized carbons (Fsp3) is 0.857. The summed E-state index contributed by atoms with van der Waals surface area (Å²) in [5, 5.41) is 4.12. The highest BCUT2D eigenvalue weighted by atomic mass is 16.5. The molecule has 2 heterocycles. The summed E-state index contributed by atoms with van der Waals surface area (Å²) in [7, 11) is 2.14. The van der Waals surface area contributed by atoms with E-state index in [1.54, 1.807) is 0 Å². The molecule has 6 heteroatoms. The minimum absolute atomic E-state index is 0.0935. The number of nitrogens with zero attached hydrogens (tertiary/aromatic N) is 4. The van der Waals surface area contributed by atoms with Crippen molar-refractivity contribution in [3.63, 3.8) is 0 Å². The largest absolute Gasteiger partial charge is 0.336 e. The van der Waals surface area contributed by atoms with E-state index in [4.69, 9.17) is 10.3 Å². The van der Waals surface area contributed by atoms with Gasteiger partial charge in [-0.1, -0.05) is 19.3 Å². The van der Waals surface area contributed by atoms with Crippen LogP contribution in [-0.4, -0.2) is 48.3 Å². The first-order chi connectivity index (χ1) is 9.74. The van der Waals surface area contributed by atoms with Crippen LogP contribution >= 0.6 is 0 Å². The summed E-state index contributed by atoms with van der Waals surface area (Å²) in [6, 6.07) is -0.0935. The topological polar surface area (TPSA) is 71.4 Å². The van der Waals surface area contributed by atoms with E-state index >= 15 is 0 Å². The maximum atomic E-state index is 6.31. The van der Waals surface area contributed by atoms with Crippen molar-refractivity contribution in [3.8, 4) is 0 Å². The molecule has 0 radical (unpaired) electrons. The number of nitrogens with two attached hydrogens (primary N) is 1. The summed E-state index contributed by atoms with van der Waals surface area (Å²) in [6.07, 6.45) is 6.26. The first-order valence-corrected chi connectivity index (χ1v) is 7.77. The predicted molar refractivity (Wildman–Crippen MR) is 77.5 cm³/mol. The number of piperazine rings is 1. The molecule has 1 atom stereocenters. The van der Waals surface area contributed by atoms with Crippen LogP contribution in [0.25, 0.3) is 0 Å². The third-order valence-corrected chi connectivity index (χ3v) is 4.66. The van der Waals surface area contributed by atoms with Gasteiger partial charge in [0.15, 0.2) is 0 Å². The molecule has 2 aliphatic rings. The molecule has 0 bridgehead atoms. The van der Waals surface area contributed by atoms with Crippen molar-refractivity contribution in [3.05, 3.63) is 5.89 Å². The maximum Gasteiger partial charge on any atom is 0.266 e. The molecule has 1 saturated carbocycles. The second-order valence-electron chi connectivity index (χ2n) is 6.15. The van der Waals surface area contributed by atoms with Crippen LogP contribution in [0.3, 0.4) is 0 Å². The normalized spacial score (nSPS) is 24.0. The van der Waals surface area contributed by atoms with Crippen molar-refractivity contribution in [2.75, 3.05) is 38.1 Å². The third-order valence-electron chi connectivity index (χ3n) is 4.66. The van der Waals surface area contributed by atoms with E-state index in [1.165, 1.54) is 32.1 Å². The van der Waals surface area contributed by atoms with Crippen molar-refractivity contribution in [1.82, 2.24) is 15.0 Å². The Balaban J connectivity index is 1.63. The van der Waals surface area contributed by atoms with Gasteiger partial charge in [0.05, 0.1) is 6.04 Å². The predicted octanol–water partition coefficient (Wildman–Crippen LogP) is 1.40. The molecular weight excluding hydrogens is 254 g/mol. The van der Waals surface area contributed by atoms with Gasteiger partial charge in [-0.3, -0.25) is 0 Å². The third kappa shape index (κ3) is 2.96. The summed E-state index contributed by atoms with van der Waals surface area (Å²) in [5.41, 5.74) is 6.31. The van der Waals surface area contributed by atoms with Crippen LogP contribution in [0.1, 0.15) is 44.0 Å². The van der Waals surface area contributed by atoms with Crippen molar-refractivity contribution in [1.29, 1.82) is 0 Å². The van der Waals surface area contributed by atoms with E-state index in [-0.39, 0.29) is 6.04 Å². The second kappa shape index (κ2) is 6.10. The van der Waals surface area contributed by atoms with Crippen LogP contribution in [0.4, 0.5) is 5.95 Å². The van der Waals surface area contributed by atoms with Gasteiger partial charge < -0.3 is 20.1 Å². The Labute approximate surface area is 120 Å². The summed E-state index contributed by atoms with van der Waals surface area (Å²) < 4.78 is 5.42. The van der Waals surface area contributed by atoms with Crippen molar-refractivity contribution in [2.45, 2.75) is 38.1 Å². The molecule has 2 fully saturated rings. The summed E-state index contributed by atoms with van der Waals surface area (Å²) in [4.78, 5) is 9.03. The quantitative estimate of drug-likeness (QED) is 0.902. The molecule has 1 aliphatic carbocycles. The Bertz CT molecular complexity index is 421. The number of rotatable bonds is 3. The van der Waals surface area contributed by atoms with Crippen LogP contribution < -0.4 is 10.6 Å². The van der Waals surface area contributed by atoms with E-state index in [1.807, 2.05) is 0 Å². The molecule has 2 N–H and O–H groups in total. The van der Waals surface area contributed by atoms with Crippen molar-refractivity contribution < 1.29 is 4.52 Å². The summed E-state index contributed by atoms with van der Waals surface area (Å²) in [6.45, 7) is 3.99. The molecular formula is C14H25N5O. The Morgan fingerprint density at radius 1 is 1.15 bits per heavy atom. The minimum atomic E-state index is -0.0935. The van der Waals surface area contributed by atoms with E-state index < -0.39 is 0 Å². The van der Waals surface area contributed by atoms with E-state index in [0.717, 1.165) is 26.2 Å². The lowest BCUT2D eigenvalue weighted by atomic mass is 9.84. The van der Waals surface area contributed by atoms with Gasteiger partial charge >= 0.3 is 0 Å². The van der Waals surface area contributed by atoms with Gasteiger partial charge in [-0.2, -0.15) is 4.98 Å². The average molecular weight is 279 g/mol. The molecule has 1 aromatic heterocycles. The number of hydrogen-bond acceptors (Lipinski definition) is 6. The average Bonchev–Trinajstić information content (AvgIpc) is 2.98. The molecule has 3 rings (SSSR count). The first-order valence-electron chi connectivity index (χ1n) is 7.77. The number of anilines is 1. The number of aromatic nitrogens is 2. The van der Waals surface area contributed by atoms with Crippen LogP contribution in [0.2, 0.25) is 0 Å². The molecule has 1 saturated heterocycles. The molecule has 0 aromatic carbocycles. The zero-order chi connectivity index (χ0) is 13.9. The highest BCUT2D eigenvalue weighted by Crippen LogP contribution is 2.32. The smallest absolute Gasteiger partial charge is 0.266 e. The van der Waals surface area contributed by atoms with Crippen LogP contribution in [-0.2, 0) is 0 Å². The maximum absolute atomic E-state index is 6.31. The van der Waals surface area contributed by atoms with Crippen LogP contribution in [0.15, 0.2) is 4.52 Å². The molecule has 1 unspecified atom stereocenters.